The van der Waals surface area contributed by atoms with E-state index in [2.05, 4.69) is 39.7 Å². The molecule has 0 unspecified atom stereocenters. The van der Waals surface area contributed by atoms with Crippen LogP contribution >= 0.6 is 0 Å². The van der Waals surface area contributed by atoms with Crippen molar-refractivity contribution in [2.45, 2.75) is 13.8 Å². The van der Waals surface area contributed by atoms with Gasteiger partial charge >= 0.3 is 0 Å². The number of hydrogen-bond donors (Lipinski definition) is 2. The molecule has 1 aromatic heterocycles. The molecule has 2 N–H and O–H groups in total. The van der Waals surface area contributed by atoms with Gasteiger partial charge in [-0.3, -0.25) is 0 Å². The zero-order valence-electron chi connectivity index (χ0n) is 13.5. The van der Waals surface area contributed by atoms with Crippen LogP contribution in [0.3, 0.4) is 0 Å². The van der Waals surface area contributed by atoms with Gasteiger partial charge in [0.2, 0.25) is 5.95 Å². The lowest BCUT2D eigenvalue weighted by Crippen LogP contribution is -2.02. The number of hydrogen-bond acceptors (Lipinski definition) is 5. The highest BCUT2D eigenvalue weighted by Crippen LogP contribution is 2.22. The molecular formula is C19H17N5. The van der Waals surface area contributed by atoms with Crippen LogP contribution in [0.25, 0.3) is 0 Å². The summed E-state index contributed by atoms with van der Waals surface area (Å²) in [5.41, 5.74) is 4.60. The molecule has 5 heteroatoms. The lowest BCUT2D eigenvalue weighted by atomic mass is 10.1. The Kier molecular flexibility index (Phi) is 4.39. The Morgan fingerprint density at radius 2 is 1.79 bits per heavy atom. The minimum absolute atomic E-state index is 0.501. The summed E-state index contributed by atoms with van der Waals surface area (Å²) in [5, 5.41) is 15.6. The molecule has 0 saturated carbocycles. The minimum atomic E-state index is 0.501. The number of aromatic nitrogens is 2. The first-order chi connectivity index (χ1) is 11.7. The first kappa shape index (κ1) is 15.5. The molecule has 24 heavy (non-hydrogen) atoms. The fourth-order valence-corrected chi connectivity index (χ4v) is 2.39. The van der Waals surface area contributed by atoms with Crippen molar-refractivity contribution < 1.29 is 0 Å². The fraction of sp³-hybridized carbons (Fsp3) is 0.105. The molecule has 0 bridgehead atoms. The Morgan fingerprint density at radius 3 is 2.58 bits per heavy atom. The molecule has 0 spiro atoms. The maximum atomic E-state index is 9.16. The van der Waals surface area contributed by atoms with Crippen LogP contribution in [0.1, 0.15) is 16.7 Å². The predicted molar refractivity (Wildman–Crippen MR) is 95.7 cm³/mol. The predicted octanol–water partition coefficient (Wildman–Crippen LogP) is 4.45. The number of nitrogens with zero attached hydrogens (tertiary/aromatic N) is 3. The molecule has 2 aromatic carbocycles. The molecule has 0 amide bonds. The summed E-state index contributed by atoms with van der Waals surface area (Å²) < 4.78 is 0. The van der Waals surface area contributed by atoms with E-state index in [1.54, 1.807) is 18.3 Å². The Labute approximate surface area is 141 Å². The fourth-order valence-electron chi connectivity index (χ4n) is 2.39. The van der Waals surface area contributed by atoms with E-state index in [4.69, 9.17) is 5.26 Å². The van der Waals surface area contributed by atoms with E-state index in [0.29, 0.717) is 17.3 Å². The van der Waals surface area contributed by atoms with Crippen LogP contribution in [0.2, 0.25) is 0 Å². The van der Waals surface area contributed by atoms with Gasteiger partial charge in [-0.1, -0.05) is 29.8 Å². The van der Waals surface area contributed by atoms with Crippen LogP contribution in [0.4, 0.5) is 23.1 Å². The Hall–Kier alpha value is -3.39. The summed E-state index contributed by atoms with van der Waals surface area (Å²) >= 11 is 0. The van der Waals surface area contributed by atoms with Gasteiger partial charge in [-0.2, -0.15) is 10.2 Å². The summed E-state index contributed by atoms with van der Waals surface area (Å²) in [6, 6.07) is 17.4. The highest BCUT2D eigenvalue weighted by Gasteiger charge is 2.05. The number of nitriles is 1. The number of benzene rings is 2. The summed E-state index contributed by atoms with van der Waals surface area (Å²) in [5.74, 6) is 1.13. The zero-order chi connectivity index (χ0) is 16.9. The van der Waals surface area contributed by atoms with Gasteiger partial charge in [0.15, 0.2) is 0 Å². The number of aryl methyl sites for hydroxylation is 2. The van der Waals surface area contributed by atoms with Crippen molar-refractivity contribution >= 4 is 23.1 Å². The topological polar surface area (TPSA) is 73.6 Å². The van der Waals surface area contributed by atoms with E-state index in [1.807, 2.05) is 37.3 Å². The third-order valence-electron chi connectivity index (χ3n) is 3.59. The average molecular weight is 315 g/mol. The van der Waals surface area contributed by atoms with Gasteiger partial charge in [-0.05, 0) is 43.7 Å². The number of rotatable bonds is 4. The summed E-state index contributed by atoms with van der Waals surface area (Å²) in [4.78, 5) is 8.71. The zero-order valence-corrected chi connectivity index (χ0v) is 13.5. The van der Waals surface area contributed by atoms with E-state index in [0.717, 1.165) is 16.9 Å². The molecule has 1 heterocycles. The summed E-state index contributed by atoms with van der Waals surface area (Å²) in [6.45, 7) is 4.10. The van der Waals surface area contributed by atoms with Gasteiger partial charge < -0.3 is 10.6 Å². The summed E-state index contributed by atoms with van der Waals surface area (Å²) in [6.07, 6.45) is 1.68. The largest absolute Gasteiger partial charge is 0.339 e. The Bertz CT molecular complexity index is 912. The van der Waals surface area contributed by atoms with Crippen molar-refractivity contribution in [3.63, 3.8) is 0 Å². The minimum Gasteiger partial charge on any atom is -0.339 e. The molecule has 3 aromatic rings. The van der Waals surface area contributed by atoms with Crippen LogP contribution in [-0.2, 0) is 0 Å². The van der Waals surface area contributed by atoms with Gasteiger partial charge in [0, 0.05) is 11.9 Å². The second-order valence-electron chi connectivity index (χ2n) is 5.49. The maximum absolute atomic E-state index is 9.16. The van der Waals surface area contributed by atoms with Crippen molar-refractivity contribution in [3.05, 3.63) is 71.4 Å². The SMILES string of the molecule is Cc1ccc(Nc2nccc(Nc3ccccc3C#N)n2)c(C)c1. The van der Waals surface area contributed by atoms with Crippen molar-refractivity contribution in [2.24, 2.45) is 0 Å². The highest BCUT2D eigenvalue weighted by molar-refractivity contribution is 5.65. The van der Waals surface area contributed by atoms with Gasteiger partial charge in [-0.25, -0.2) is 4.98 Å². The Morgan fingerprint density at radius 1 is 0.958 bits per heavy atom. The van der Waals surface area contributed by atoms with Gasteiger partial charge in [0.05, 0.1) is 11.3 Å². The molecule has 0 aliphatic carbocycles. The molecule has 0 atom stereocenters. The molecule has 0 radical (unpaired) electrons. The highest BCUT2D eigenvalue weighted by atomic mass is 15.1. The van der Waals surface area contributed by atoms with Crippen LogP contribution in [0.15, 0.2) is 54.7 Å². The van der Waals surface area contributed by atoms with Crippen molar-refractivity contribution in [2.75, 3.05) is 10.6 Å². The van der Waals surface area contributed by atoms with Gasteiger partial charge in [-0.15, -0.1) is 0 Å². The lowest BCUT2D eigenvalue weighted by Gasteiger charge is -2.11. The van der Waals surface area contributed by atoms with Crippen LogP contribution < -0.4 is 10.6 Å². The molecule has 118 valence electrons. The van der Waals surface area contributed by atoms with Crippen molar-refractivity contribution in [1.29, 1.82) is 5.26 Å². The molecule has 0 fully saturated rings. The van der Waals surface area contributed by atoms with Crippen LogP contribution in [0.5, 0.6) is 0 Å². The second-order valence-corrected chi connectivity index (χ2v) is 5.49. The van der Waals surface area contributed by atoms with Gasteiger partial charge in [0.25, 0.3) is 0 Å². The van der Waals surface area contributed by atoms with E-state index in [1.165, 1.54) is 5.56 Å². The van der Waals surface area contributed by atoms with Crippen molar-refractivity contribution in [3.8, 4) is 6.07 Å². The van der Waals surface area contributed by atoms with Crippen molar-refractivity contribution in [1.82, 2.24) is 9.97 Å². The summed E-state index contributed by atoms with van der Waals surface area (Å²) in [7, 11) is 0. The third kappa shape index (κ3) is 3.50. The smallest absolute Gasteiger partial charge is 0.229 e. The van der Waals surface area contributed by atoms with Crippen LogP contribution in [0, 0.1) is 25.2 Å². The molecule has 0 aliphatic rings. The molecule has 0 saturated heterocycles. The van der Waals surface area contributed by atoms with E-state index < -0.39 is 0 Å². The number of nitrogens with one attached hydrogen (secondary N) is 2. The average Bonchev–Trinajstić information content (AvgIpc) is 2.58. The third-order valence-corrected chi connectivity index (χ3v) is 3.59. The number of anilines is 4. The molecule has 3 rings (SSSR count). The van der Waals surface area contributed by atoms with E-state index in [9.17, 15) is 0 Å². The first-order valence-electron chi connectivity index (χ1n) is 7.59. The monoisotopic (exact) mass is 315 g/mol. The lowest BCUT2D eigenvalue weighted by molar-refractivity contribution is 1.16. The molecule has 0 aliphatic heterocycles. The standard InChI is InChI=1S/C19H17N5/c1-13-7-8-16(14(2)11-13)23-19-21-10-9-18(24-19)22-17-6-4-3-5-15(17)12-20/h3-11H,1-2H3,(H2,21,22,23,24). The van der Waals surface area contributed by atoms with E-state index >= 15 is 0 Å². The van der Waals surface area contributed by atoms with Gasteiger partial charge in [0.1, 0.15) is 11.9 Å². The first-order valence-corrected chi connectivity index (χ1v) is 7.59. The molecule has 5 nitrogen and oxygen atoms in total. The normalized spacial score (nSPS) is 10.0. The second kappa shape index (κ2) is 6.80. The quantitative estimate of drug-likeness (QED) is 0.744. The molecular weight excluding hydrogens is 298 g/mol. The Balaban J connectivity index is 1.83. The number of para-hydroxylation sites is 1. The maximum Gasteiger partial charge on any atom is 0.229 e. The van der Waals surface area contributed by atoms with E-state index in [-0.39, 0.29) is 0 Å². The van der Waals surface area contributed by atoms with Crippen LogP contribution in [-0.4, -0.2) is 9.97 Å².